The van der Waals surface area contributed by atoms with Crippen molar-refractivity contribution in [2.75, 3.05) is 0 Å². The maximum absolute atomic E-state index is 12.9. The summed E-state index contributed by atoms with van der Waals surface area (Å²) in [5, 5.41) is 11.8. The van der Waals surface area contributed by atoms with Crippen LogP contribution in [0.25, 0.3) is 5.70 Å². The van der Waals surface area contributed by atoms with Crippen LogP contribution in [0, 0.1) is 0 Å². The lowest BCUT2D eigenvalue weighted by Crippen LogP contribution is -2.57. The van der Waals surface area contributed by atoms with Gasteiger partial charge in [0.2, 0.25) is 0 Å². The molecule has 2 aliphatic rings. The Morgan fingerprint density at radius 1 is 1.12 bits per heavy atom. The zero-order chi connectivity index (χ0) is 18.1. The number of hydrogen-bond donors (Lipinski definition) is 1. The fourth-order valence-electron chi connectivity index (χ4n) is 3.10. The molecule has 0 bridgehead atoms. The predicted octanol–water partition coefficient (Wildman–Crippen LogP) is 2.19. The molecule has 1 amide bonds. The number of hydrazone groups is 1. The minimum atomic E-state index is -0.569. The fourth-order valence-corrected chi connectivity index (χ4v) is 3.90. The molecule has 26 heavy (non-hydrogen) atoms. The van der Waals surface area contributed by atoms with Crippen LogP contribution in [-0.2, 0) is 10.5 Å². The van der Waals surface area contributed by atoms with Crippen LogP contribution in [0.15, 0.2) is 64.7 Å². The molecule has 0 fully saturated rings. The standard InChI is InChI=1S/C20H20N4OS/c1-3-20(2)22-16-12-8-7-11-15(16)17-18(25)21-19(23-24(17)20)26-13-14-9-5-4-6-10-14/h4-12H,3,13H2,1-2H3,(H,21,23,25)/t20-/m1/s1. The van der Waals surface area contributed by atoms with Crippen molar-refractivity contribution in [1.29, 1.82) is 0 Å². The lowest BCUT2D eigenvalue weighted by molar-refractivity contribution is -0.116. The zero-order valence-corrected chi connectivity index (χ0v) is 15.6. The minimum Gasteiger partial charge on any atom is -0.298 e. The molecule has 2 aromatic carbocycles. The molecule has 0 aliphatic carbocycles. The highest BCUT2D eigenvalue weighted by atomic mass is 32.2. The number of nitrogens with zero attached hydrogens (tertiary/aromatic N) is 3. The van der Waals surface area contributed by atoms with Crippen molar-refractivity contribution in [1.82, 2.24) is 10.3 Å². The molecule has 5 nitrogen and oxygen atoms in total. The van der Waals surface area contributed by atoms with Gasteiger partial charge in [-0.2, -0.15) is 0 Å². The molecule has 0 unspecified atom stereocenters. The summed E-state index contributed by atoms with van der Waals surface area (Å²) in [7, 11) is 0. The van der Waals surface area contributed by atoms with Crippen LogP contribution in [0.2, 0.25) is 0 Å². The number of rotatable bonds is 3. The van der Waals surface area contributed by atoms with E-state index in [1.54, 1.807) is 5.01 Å². The third-order valence-electron chi connectivity index (χ3n) is 4.70. The SMILES string of the molecule is CC[C@]1(C)N=c2ccccc2=C2C(=O)NC(SCc3ccccc3)=NN21. The molecule has 2 heterocycles. The van der Waals surface area contributed by atoms with Gasteiger partial charge in [0.1, 0.15) is 5.70 Å². The lowest BCUT2D eigenvalue weighted by atomic mass is 10.0. The van der Waals surface area contributed by atoms with Gasteiger partial charge in [-0.15, -0.1) is 5.10 Å². The maximum Gasteiger partial charge on any atom is 0.276 e. The Labute approximate surface area is 156 Å². The molecule has 0 aromatic heterocycles. The molecule has 6 heteroatoms. The second kappa shape index (κ2) is 6.61. The van der Waals surface area contributed by atoms with Crippen molar-refractivity contribution < 1.29 is 4.79 Å². The van der Waals surface area contributed by atoms with E-state index in [2.05, 4.69) is 24.4 Å². The van der Waals surface area contributed by atoms with Crippen LogP contribution in [0.1, 0.15) is 25.8 Å². The second-order valence-electron chi connectivity index (χ2n) is 6.49. The van der Waals surface area contributed by atoms with Crippen molar-refractivity contribution in [2.24, 2.45) is 10.1 Å². The van der Waals surface area contributed by atoms with Gasteiger partial charge in [-0.25, -0.2) is 5.01 Å². The molecule has 1 atom stereocenters. The Morgan fingerprint density at radius 2 is 1.85 bits per heavy atom. The number of para-hydroxylation sites is 1. The summed E-state index contributed by atoms with van der Waals surface area (Å²) in [5.74, 6) is 0.622. The van der Waals surface area contributed by atoms with E-state index in [9.17, 15) is 4.79 Å². The van der Waals surface area contributed by atoms with Crippen molar-refractivity contribution in [3.63, 3.8) is 0 Å². The number of amidine groups is 1. The molecule has 0 spiro atoms. The van der Waals surface area contributed by atoms with E-state index < -0.39 is 5.66 Å². The summed E-state index contributed by atoms with van der Waals surface area (Å²) in [5.41, 5.74) is 1.19. The zero-order valence-electron chi connectivity index (χ0n) is 14.8. The first-order chi connectivity index (χ1) is 12.6. The van der Waals surface area contributed by atoms with Crippen molar-refractivity contribution in [3.8, 4) is 0 Å². The molecule has 2 aliphatic heterocycles. The third kappa shape index (κ3) is 2.90. The summed E-state index contributed by atoms with van der Waals surface area (Å²) in [6.45, 7) is 4.08. The molecular formula is C20H20N4OS. The first kappa shape index (κ1) is 16.8. The average Bonchev–Trinajstić information content (AvgIpc) is 2.67. The van der Waals surface area contributed by atoms with Gasteiger partial charge >= 0.3 is 0 Å². The van der Waals surface area contributed by atoms with Crippen LogP contribution < -0.4 is 15.9 Å². The average molecular weight is 364 g/mol. The van der Waals surface area contributed by atoms with E-state index in [4.69, 9.17) is 10.1 Å². The summed E-state index contributed by atoms with van der Waals surface area (Å²) >= 11 is 1.52. The Morgan fingerprint density at radius 3 is 2.62 bits per heavy atom. The van der Waals surface area contributed by atoms with E-state index in [1.807, 2.05) is 49.4 Å². The van der Waals surface area contributed by atoms with Gasteiger partial charge in [0.25, 0.3) is 5.91 Å². The fraction of sp³-hybridized carbons (Fsp3) is 0.250. The first-order valence-electron chi connectivity index (χ1n) is 8.67. The summed E-state index contributed by atoms with van der Waals surface area (Å²) in [6.07, 6.45) is 0.748. The van der Waals surface area contributed by atoms with Gasteiger partial charge in [0.05, 0.1) is 5.36 Å². The van der Waals surface area contributed by atoms with E-state index in [1.165, 1.54) is 17.3 Å². The molecule has 132 valence electrons. The van der Waals surface area contributed by atoms with Crippen molar-refractivity contribution in [2.45, 2.75) is 31.7 Å². The van der Waals surface area contributed by atoms with Gasteiger partial charge in [-0.1, -0.05) is 67.2 Å². The third-order valence-corrected chi connectivity index (χ3v) is 5.64. The van der Waals surface area contributed by atoms with Crippen molar-refractivity contribution >= 4 is 28.5 Å². The van der Waals surface area contributed by atoms with Crippen LogP contribution >= 0.6 is 11.8 Å². The Kier molecular flexibility index (Phi) is 4.28. The number of amides is 1. The van der Waals surface area contributed by atoms with Crippen LogP contribution in [0.5, 0.6) is 0 Å². The largest absolute Gasteiger partial charge is 0.298 e. The maximum atomic E-state index is 12.9. The first-order valence-corrected chi connectivity index (χ1v) is 9.65. The van der Waals surface area contributed by atoms with Crippen LogP contribution in [0.3, 0.4) is 0 Å². The normalized spacial score (nSPS) is 21.3. The van der Waals surface area contributed by atoms with E-state index in [-0.39, 0.29) is 5.91 Å². The van der Waals surface area contributed by atoms with E-state index in [0.717, 1.165) is 22.7 Å². The monoisotopic (exact) mass is 364 g/mol. The molecular weight excluding hydrogens is 344 g/mol. The van der Waals surface area contributed by atoms with Gasteiger partial charge in [-0.05, 0) is 25.0 Å². The van der Waals surface area contributed by atoms with Crippen LogP contribution in [0.4, 0.5) is 0 Å². The Balaban J connectivity index is 1.74. The highest BCUT2D eigenvalue weighted by Gasteiger charge is 2.40. The number of nitrogens with one attached hydrogen (secondary N) is 1. The number of fused-ring (bicyclic) bond motifs is 2. The highest BCUT2D eigenvalue weighted by molar-refractivity contribution is 8.13. The van der Waals surface area contributed by atoms with Crippen molar-refractivity contribution in [3.05, 3.63) is 70.7 Å². The number of thioether (sulfide) groups is 1. The summed E-state index contributed by atoms with van der Waals surface area (Å²) < 4.78 is 0. The summed E-state index contributed by atoms with van der Waals surface area (Å²) in [4.78, 5) is 17.8. The predicted molar refractivity (Wildman–Crippen MR) is 104 cm³/mol. The number of carbonyl (C=O) groups is 1. The number of benzene rings is 2. The Bertz CT molecular complexity index is 1000. The van der Waals surface area contributed by atoms with Gasteiger partial charge in [0.15, 0.2) is 10.8 Å². The van der Waals surface area contributed by atoms with E-state index in [0.29, 0.717) is 10.9 Å². The topological polar surface area (TPSA) is 57.1 Å². The summed E-state index contributed by atoms with van der Waals surface area (Å²) in [6, 6.07) is 17.9. The minimum absolute atomic E-state index is 0.127. The molecule has 0 radical (unpaired) electrons. The molecule has 4 rings (SSSR count). The molecule has 2 aromatic rings. The van der Waals surface area contributed by atoms with E-state index >= 15 is 0 Å². The smallest absolute Gasteiger partial charge is 0.276 e. The van der Waals surface area contributed by atoms with Gasteiger partial charge < -0.3 is 0 Å². The second-order valence-corrected chi connectivity index (χ2v) is 7.46. The quantitative estimate of drug-likeness (QED) is 0.908. The highest BCUT2D eigenvalue weighted by Crippen LogP contribution is 2.30. The lowest BCUT2D eigenvalue weighted by Gasteiger charge is -2.40. The molecule has 1 N–H and O–H groups in total. The number of hydrogen-bond acceptors (Lipinski definition) is 5. The molecule has 0 saturated carbocycles. The van der Waals surface area contributed by atoms with Gasteiger partial charge in [-0.3, -0.25) is 15.1 Å². The molecule has 0 saturated heterocycles. The van der Waals surface area contributed by atoms with Crippen LogP contribution in [-0.4, -0.2) is 21.7 Å². The number of carbonyl (C=O) groups excluding carboxylic acids is 1. The van der Waals surface area contributed by atoms with Gasteiger partial charge in [0, 0.05) is 11.0 Å². The Hall–Kier alpha value is -2.60.